The average molecular weight is 238 g/mol. The maximum Gasteiger partial charge on any atom is 0.239 e. The van der Waals surface area contributed by atoms with Crippen LogP contribution < -0.4 is 5.32 Å². The molecule has 0 aromatic heterocycles. The molecule has 2 aliphatic rings. The number of hydrogen-bond acceptors (Lipinski definition) is 2. The largest absolute Gasteiger partial charge is 0.341 e. The van der Waals surface area contributed by atoms with Crippen LogP contribution in [-0.4, -0.2) is 36.0 Å². The van der Waals surface area contributed by atoms with Gasteiger partial charge in [-0.05, 0) is 30.6 Å². The van der Waals surface area contributed by atoms with Crippen LogP contribution in [-0.2, 0) is 4.79 Å². The van der Waals surface area contributed by atoms with E-state index in [1.807, 2.05) is 0 Å². The Morgan fingerprint density at radius 2 is 2.00 bits per heavy atom. The van der Waals surface area contributed by atoms with E-state index in [2.05, 4.69) is 37.9 Å². The topological polar surface area (TPSA) is 32.3 Å². The molecular weight excluding hydrogens is 212 g/mol. The molecule has 0 spiro atoms. The smallest absolute Gasteiger partial charge is 0.239 e. The van der Waals surface area contributed by atoms with Crippen LogP contribution in [0.2, 0.25) is 0 Å². The summed E-state index contributed by atoms with van der Waals surface area (Å²) < 4.78 is 0. The number of hydrogen-bond donors (Lipinski definition) is 1. The van der Waals surface area contributed by atoms with Crippen molar-refractivity contribution in [2.24, 2.45) is 11.3 Å². The fourth-order valence-corrected chi connectivity index (χ4v) is 2.91. The Bertz CT molecular complexity index is 295. The van der Waals surface area contributed by atoms with E-state index in [1.54, 1.807) is 0 Å². The lowest BCUT2D eigenvalue weighted by Gasteiger charge is -2.27. The van der Waals surface area contributed by atoms with Crippen molar-refractivity contribution in [2.45, 2.75) is 59.0 Å². The maximum atomic E-state index is 12.2. The molecule has 2 rings (SSSR count). The first-order chi connectivity index (χ1) is 7.94. The molecular formula is C14H26N2O. The first kappa shape index (κ1) is 12.9. The van der Waals surface area contributed by atoms with Gasteiger partial charge in [0.15, 0.2) is 0 Å². The monoisotopic (exact) mass is 238 g/mol. The highest BCUT2D eigenvalue weighted by molar-refractivity contribution is 5.84. The van der Waals surface area contributed by atoms with E-state index >= 15 is 0 Å². The predicted molar refractivity (Wildman–Crippen MR) is 69.8 cm³/mol. The number of nitrogens with zero attached hydrogens (tertiary/aromatic N) is 1. The number of nitrogens with one attached hydrogen (secondary N) is 1. The molecule has 1 atom stereocenters. The third-order valence-electron chi connectivity index (χ3n) is 4.45. The molecule has 98 valence electrons. The summed E-state index contributed by atoms with van der Waals surface area (Å²) in [5.41, 5.74) is 0.447. The zero-order valence-electron chi connectivity index (χ0n) is 11.6. The van der Waals surface area contributed by atoms with Crippen molar-refractivity contribution in [2.75, 3.05) is 13.1 Å². The Morgan fingerprint density at radius 1 is 1.35 bits per heavy atom. The molecule has 0 aromatic rings. The molecule has 0 radical (unpaired) electrons. The summed E-state index contributed by atoms with van der Waals surface area (Å²) in [5.74, 6) is 1.03. The molecule has 3 heteroatoms. The van der Waals surface area contributed by atoms with Crippen LogP contribution in [0.5, 0.6) is 0 Å². The van der Waals surface area contributed by atoms with Gasteiger partial charge in [0.25, 0.3) is 0 Å². The minimum atomic E-state index is 0.0676. The number of rotatable bonds is 5. The molecule has 1 N–H and O–H groups in total. The first-order valence-electron chi connectivity index (χ1n) is 6.99. The van der Waals surface area contributed by atoms with Crippen LogP contribution in [0, 0.1) is 11.3 Å². The van der Waals surface area contributed by atoms with Crippen molar-refractivity contribution in [1.82, 2.24) is 10.2 Å². The lowest BCUT2D eigenvalue weighted by molar-refractivity contribution is -0.130. The summed E-state index contributed by atoms with van der Waals surface area (Å²) >= 11 is 0. The Hall–Kier alpha value is -0.570. The maximum absolute atomic E-state index is 12.2. The predicted octanol–water partition coefficient (Wildman–Crippen LogP) is 2.02. The van der Waals surface area contributed by atoms with Gasteiger partial charge < -0.3 is 10.2 Å². The Balaban J connectivity index is 1.90. The fraction of sp³-hybridized carbons (Fsp3) is 0.929. The highest BCUT2D eigenvalue weighted by Gasteiger charge is 2.48. The van der Waals surface area contributed by atoms with Crippen molar-refractivity contribution in [1.29, 1.82) is 0 Å². The molecule has 1 amide bonds. The number of carbonyl (C=O) groups is 1. The molecule has 17 heavy (non-hydrogen) atoms. The van der Waals surface area contributed by atoms with Gasteiger partial charge in [-0.2, -0.15) is 0 Å². The summed E-state index contributed by atoms with van der Waals surface area (Å²) in [7, 11) is 0. The second kappa shape index (κ2) is 4.60. The van der Waals surface area contributed by atoms with E-state index in [9.17, 15) is 4.79 Å². The Morgan fingerprint density at radius 3 is 2.47 bits per heavy atom. The van der Waals surface area contributed by atoms with Crippen molar-refractivity contribution >= 4 is 5.91 Å². The van der Waals surface area contributed by atoms with Gasteiger partial charge >= 0.3 is 0 Å². The standard InChI is InChI=1S/C14H26N2O/c1-10(2)14(6-7-14)9-16-8-5-12(13(16)17)15-11(3)4/h10-12,15H,5-9H2,1-4H3. The molecule has 1 heterocycles. The summed E-state index contributed by atoms with van der Waals surface area (Å²) in [4.78, 5) is 14.3. The zero-order valence-corrected chi connectivity index (χ0v) is 11.6. The minimum absolute atomic E-state index is 0.0676. The van der Waals surface area contributed by atoms with Gasteiger partial charge in [-0.25, -0.2) is 0 Å². The van der Waals surface area contributed by atoms with Crippen LogP contribution in [0.3, 0.4) is 0 Å². The Kier molecular flexibility index (Phi) is 3.48. The summed E-state index contributed by atoms with van der Waals surface area (Å²) in [6, 6.07) is 0.460. The molecule has 0 aromatic carbocycles. The summed E-state index contributed by atoms with van der Waals surface area (Å²) in [5, 5.41) is 3.37. The van der Waals surface area contributed by atoms with Gasteiger partial charge in [0, 0.05) is 19.1 Å². The van der Waals surface area contributed by atoms with E-state index in [-0.39, 0.29) is 6.04 Å². The number of carbonyl (C=O) groups excluding carboxylic acids is 1. The number of amides is 1. The first-order valence-corrected chi connectivity index (χ1v) is 6.99. The quantitative estimate of drug-likeness (QED) is 0.795. The highest BCUT2D eigenvalue weighted by atomic mass is 16.2. The lowest BCUT2D eigenvalue weighted by Crippen LogP contribution is -2.43. The minimum Gasteiger partial charge on any atom is -0.341 e. The van der Waals surface area contributed by atoms with Crippen molar-refractivity contribution in [3.05, 3.63) is 0 Å². The Labute approximate surface area is 105 Å². The van der Waals surface area contributed by atoms with Gasteiger partial charge in [0.05, 0.1) is 6.04 Å². The van der Waals surface area contributed by atoms with Crippen LogP contribution in [0.15, 0.2) is 0 Å². The third-order valence-corrected chi connectivity index (χ3v) is 4.45. The second-order valence-corrected chi connectivity index (χ2v) is 6.44. The van der Waals surface area contributed by atoms with E-state index in [0.717, 1.165) is 19.5 Å². The molecule has 1 unspecified atom stereocenters. The van der Waals surface area contributed by atoms with Gasteiger partial charge in [0.1, 0.15) is 0 Å². The molecule has 1 aliphatic heterocycles. The highest BCUT2D eigenvalue weighted by Crippen LogP contribution is 2.52. The van der Waals surface area contributed by atoms with Crippen LogP contribution in [0.25, 0.3) is 0 Å². The normalized spacial score (nSPS) is 27.3. The van der Waals surface area contributed by atoms with Crippen LogP contribution in [0.1, 0.15) is 47.0 Å². The molecule has 3 nitrogen and oxygen atoms in total. The van der Waals surface area contributed by atoms with Crippen LogP contribution in [0.4, 0.5) is 0 Å². The van der Waals surface area contributed by atoms with Crippen molar-refractivity contribution < 1.29 is 4.79 Å². The van der Waals surface area contributed by atoms with Gasteiger partial charge in [-0.15, -0.1) is 0 Å². The average Bonchev–Trinajstić information content (AvgIpc) is 2.95. The van der Waals surface area contributed by atoms with E-state index in [0.29, 0.717) is 23.3 Å². The van der Waals surface area contributed by atoms with E-state index < -0.39 is 0 Å². The van der Waals surface area contributed by atoms with E-state index in [1.165, 1.54) is 12.8 Å². The molecule has 1 saturated heterocycles. The molecule has 0 bridgehead atoms. The van der Waals surface area contributed by atoms with Crippen LogP contribution >= 0.6 is 0 Å². The molecule has 2 fully saturated rings. The SMILES string of the molecule is CC(C)NC1CCN(CC2(C(C)C)CC2)C1=O. The second-order valence-electron chi connectivity index (χ2n) is 6.44. The van der Waals surface area contributed by atoms with Crippen molar-refractivity contribution in [3.63, 3.8) is 0 Å². The zero-order chi connectivity index (χ0) is 12.6. The summed E-state index contributed by atoms with van der Waals surface area (Å²) in [6.07, 6.45) is 3.58. The van der Waals surface area contributed by atoms with E-state index in [4.69, 9.17) is 0 Å². The lowest BCUT2D eigenvalue weighted by atomic mass is 9.92. The van der Waals surface area contributed by atoms with Gasteiger partial charge in [-0.1, -0.05) is 27.7 Å². The molecule has 1 saturated carbocycles. The molecule has 1 aliphatic carbocycles. The third kappa shape index (κ3) is 2.65. The number of likely N-dealkylation sites (tertiary alicyclic amines) is 1. The van der Waals surface area contributed by atoms with Gasteiger partial charge in [0.2, 0.25) is 5.91 Å². The van der Waals surface area contributed by atoms with Gasteiger partial charge in [-0.3, -0.25) is 4.79 Å². The van der Waals surface area contributed by atoms with Crippen molar-refractivity contribution in [3.8, 4) is 0 Å². The fourth-order valence-electron chi connectivity index (χ4n) is 2.91. The summed E-state index contributed by atoms with van der Waals surface area (Å²) in [6.45, 7) is 10.7.